The van der Waals surface area contributed by atoms with E-state index < -0.39 is 59.6 Å². The number of hydrogen-bond donors (Lipinski definition) is 1. The molecule has 1 atom stereocenters. The number of carbonyl (C=O) groups is 2. The van der Waals surface area contributed by atoms with Crippen LogP contribution in [-0.4, -0.2) is 38.9 Å². The summed E-state index contributed by atoms with van der Waals surface area (Å²) in [5.74, 6) is -7.66. The smallest absolute Gasteiger partial charge is 0.543 e. The van der Waals surface area contributed by atoms with E-state index in [9.17, 15) is 41.0 Å². The van der Waals surface area contributed by atoms with Crippen LogP contribution >= 0.6 is 0 Å². The van der Waals surface area contributed by atoms with Gasteiger partial charge in [-0.3, -0.25) is 4.79 Å². The predicted molar refractivity (Wildman–Crippen MR) is 89.6 cm³/mol. The molecule has 1 aromatic heterocycles. The Morgan fingerprint density at radius 2 is 1.75 bits per heavy atom. The Bertz CT molecular complexity index is 1040. The average molecular weight is 456 g/mol. The largest absolute Gasteiger partial charge is 1.00 e. The Morgan fingerprint density at radius 1 is 1.12 bits per heavy atom. The molecule has 2 heterocycles. The molecule has 2 aromatic rings. The van der Waals surface area contributed by atoms with Gasteiger partial charge in [0.05, 0.1) is 18.2 Å². The number of carbonyl (C=O) groups excluding carboxylic acids is 2. The van der Waals surface area contributed by atoms with Crippen LogP contribution in [0.1, 0.15) is 34.0 Å². The zero-order chi connectivity index (χ0) is 23.1. The van der Waals surface area contributed by atoms with E-state index in [1.165, 1.54) is 0 Å². The molecule has 0 fully saturated rings. The molecule has 0 unspecified atom stereocenters. The van der Waals surface area contributed by atoms with Crippen molar-refractivity contribution in [1.29, 1.82) is 0 Å². The van der Waals surface area contributed by atoms with E-state index in [2.05, 4.69) is 4.98 Å². The van der Waals surface area contributed by atoms with Crippen LogP contribution in [0.3, 0.4) is 0 Å². The monoisotopic (exact) mass is 456 g/mol. The number of nitrogens with two attached hydrogens (primary N) is 1. The predicted octanol–water partition coefficient (Wildman–Crippen LogP) is -2.01. The first-order chi connectivity index (χ1) is 14.4. The fourth-order valence-electron chi connectivity index (χ4n) is 3.39. The number of carboxylic acids is 1. The van der Waals surface area contributed by atoms with Crippen molar-refractivity contribution in [3.8, 4) is 0 Å². The first-order valence-electron chi connectivity index (χ1n) is 8.93. The minimum Gasteiger partial charge on any atom is -0.543 e. The number of alkyl halides is 3. The van der Waals surface area contributed by atoms with Gasteiger partial charge in [-0.1, -0.05) is 0 Å². The summed E-state index contributed by atoms with van der Waals surface area (Å²) in [6.07, 6.45) is -5.59. The number of aromatic nitrogens is 2. The molecule has 14 heteroatoms. The van der Waals surface area contributed by atoms with Gasteiger partial charge in [-0.25, -0.2) is 18.2 Å². The summed E-state index contributed by atoms with van der Waals surface area (Å²) in [7, 11) is 0. The molecule has 0 radical (unpaired) electrons. The maximum atomic E-state index is 13.7. The molecule has 32 heavy (non-hydrogen) atoms. The molecule has 0 spiro atoms. The summed E-state index contributed by atoms with van der Waals surface area (Å²) in [5.41, 5.74) is 4.30. The third-order valence-electron chi connectivity index (χ3n) is 4.81. The second kappa shape index (κ2) is 9.56. The number of aromatic carboxylic acids is 1. The number of halogens is 6. The maximum absolute atomic E-state index is 13.7. The topological polar surface area (TPSA) is 104 Å². The van der Waals surface area contributed by atoms with Gasteiger partial charge in [0.15, 0.2) is 11.6 Å². The van der Waals surface area contributed by atoms with E-state index in [0.717, 1.165) is 4.90 Å². The van der Waals surface area contributed by atoms with Crippen molar-refractivity contribution in [2.45, 2.75) is 38.1 Å². The number of rotatable bonds is 5. The van der Waals surface area contributed by atoms with Crippen molar-refractivity contribution >= 4 is 11.9 Å². The van der Waals surface area contributed by atoms with Gasteiger partial charge in [-0.05, 0) is 18.1 Å². The van der Waals surface area contributed by atoms with Gasteiger partial charge in [0.1, 0.15) is 11.5 Å². The third-order valence-corrected chi connectivity index (χ3v) is 4.81. The minimum absolute atomic E-state index is 0. The van der Waals surface area contributed by atoms with Crippen molar-refractivity contribution in [2.75, 3.05) is 6.54 Å². The van der Waals surface area contributed by atoms with Crippen LogP contribution in [0.4, 0.5) is 26.3 Å². The quantitative estimate of drug-likeness (QED) is 0.318. The Morgan fingerprint density at radius 3 is 2.34 bits per heavy atom. The molecule has 0 bridgehead atoms. The van der Waals surface area contributed by atoms with Gasteiger partial charge in [0.2, 0.25) is 11.7 Å². The fourth-order valence-corrected chi connectivity index (χ4v) is 3.39. The Labute approximate surface area is 189 Å². The molecule has 1 aromatic carbocycles. The van der Waals surface area contributed by atoms with E-state index in [4.69, 9.17) is 5.73 Å². The summed E-state index contributed by atoms with van der Waals surface area (Å²) < 4.78 is 80.0. The van der Waals surface area contributed by atoms with Crippen molar-refractivity contribution in [3.63, 3.8) is 0 Å². The summed E-state index contributed by atoms with van der Waals surface area (Å²) in [4.78, 5) is 27.9. The molecular weight excluding hydrogens is 441 g/mol. The van der Waals surface area contributed by atoms with Gasteiger partial charge >= 0.3 is 25.0 Å². The number of amides is 1. The van der Waals surface area contributed by atoms with Crippen LogP contribution in [0.25, 0.3) is 0 Å². The summed E-state index contributed by atoms with van der Waals surface area (Å²) in [5, 5.41) is 11.2. The molecular formula is C18H15F6LiN4O3. The van der Waals surface area contributed by atoms with Crippen LogP contribution < -0.4 is 29.7 Å². The standard InChI is InChI=1S/C18H16F6N4O3.Li/c19-10-6-12(21)11(20)4-8(10)3-9(25)5-14(29)27-1-2-28-13(7-27)15(16(30)31)26-17(28)18(22,23)24;/h4,6,9H,1-3,5,7,25H2,(H,30,31);/q;+1/p-1/t9-;/m1./s1. The fraction of sp³-hybridized carbons (Fsp3) is 0.389. The molecule has 168 valence electrons. The number of nitrogens with zero attached hydrogens (tertiary/aromatic N) is 3. The molecule has 7 nitrogen and oxygen atoms in total. The Hall–Kier alpha value is -2.49. The molecule has 2 N–H and O–H groups in total. The summed E-state index contributed by atoms with van der Waals surface area (Å²) in [6.45, 7) is -1.01. The number of benzene rings is 1. The normalized spacial score (nSPS) is 14.5. The second-order valence-corrected chi connectivity index (χ2v) is 7.01. The van der Waals surface area contributed by atoms with Crippen LogP contribution in [-0.2, 0) is 30.5 Å². The molecule has 1 amide bonds. The van der Waals surface area contributed by atoms with Crippen LogP contribution in [0.5, 0.6) is 0 Å². The van der Waals surface area contributed by atoms with E-state index in [1.807, 2.05) is 0 Å². The van der Waals surface area contributed by atoms with Crippen LogP contribution in [0, 0.1) is 17.5 Å². The first kappa shape index (κ1) is 25.8. The van der Waals surface area contributed by atoms with E-state index in [0.29, 0.717) is 16.7 Å². The molecule has 0 saturated heterocycles. The van der Waals surface area contributed by atoms with Gasteiger partial charge in [0.25, 0.3) is 0 Å². The number of hydrogen-bond acceptors (Lipinski definition) is 5. The van der Waals surface area contributed by atoms with Crippen molar-refractivity contribution in [1.82, 2.24) is 14.5 Å². The van der Waals surface area contributed by atoms with Crippen molar-refractivity contribution < 1.29 is 59.9 Å². The van der Waals surface area contributed by atoms with Crippen molar-refractivity contribution in [2.24, 2.45) is 5.73 Å². The first-order valence-corrected chi connectivity index (χ1v) is 8.93. The van der Waals surface area contributed by atoms with Crippen LogP contribution in [0.15, 0.2) is 12.1 Å². The van der Waals surface area contributed by atoms with E-state index in [-0.39, 0.29) is 56.0 Å². The van der Waals surface area contributed by atoms with Gasteiger partial charge in [0, 0.05) is 31.6 Å². The second-order valence-electron chi connectivity index (χ2n) is 7.01. The third kappa shape index (κ3) is 5.28. The molecule has 0 aliphatic carbocycles. The van der Waals surface area contributed by atoms with E-state index >= 15 is 0 Å². The number of imidazole rings is 1. The number of carboxylic acid groups (broad SMARTS) is 1. The maximum Gasteiger partial charge on any atom is 1.00 e. The SMILES string of the molecule is N[C@@H](CC(=O)N1CCn2c(C(F)(F)F)nc(C(=O)[O-])c2C1)Cc1cc(F)c(F)cc1F.[Li+]. The zero-order valence-electron chi connectivity index (χ0n) is 16.7. The van der Waals surface area contributed by atoms with Crippen LogP contribution in [0.2, 0.25) is 0 Å². The molecule has 1 aliphatic rings. The Balaban J connectivity index is 0.00000363. The molecule has 0 saturated carbocycles. The summed E-state index contributed by atoms with van der Waals surface area (Å²) >= 11 is 0. The average Bonchev–Trinajstić information content (AvgIpc) is 3.05. The van der Waals surface area contributed by atoms with Gasteiger partial charge in [-0.2, -0.15) is 13.2 Å². The summed E-state index contributed by atoms with van der Waals surface area (Å²) in [6, 6.07) is -0.0331. The van der Waals surface area contributed by atoms with Gasteiger partial charge < -0.3 is 25.1 Å². The van der Waals surface area contributed by atoms with Gasteiger partial charge in [-0.15, -0.1) is 0 Å². The Kier molecular flexibility index (Phi) is 7.70. The molecule has 3 rings (SSSR count). The van der Waals surface area contributed by atoms with Crippen molar-refractivity contribution in [3.05, 3.63) is 52.4 Å². The zero-order valence-corrected chi connectivity index (χ0v) is 16.7. The van der Waals surface area contributed by atoms with E-state index in [1.54, 1.807) is 0 Å². The number of fused-ring (bicyclic) bond motifs is 1. The minimum atomic E-state index is -4.90. The molecule has 1 aliphatic heterocycles.